The van der Waals surface area contributed by atoms with E-state index in [2.05, 4.69) is 50.8 Å². The van der Waals surface area contributed by atoms with Crippen molar-refractivity contribution in [3.05, 3.63) is 46.1 Å². The fourth-order valence-corrected chi connectivity index (χ4v) is 2.59. The summed E-state index contributed by atoms with van der Waals surface area (Å²) in [7, 11) is 0. The van der Waals surface area contributed by atoms with Gasteiger partial charge >= 0.3 is 5.69 Å². The Kier molecular flexibility index (Phi) is 3.66. The van der Waals surface area contributed by atoms with E-state index in [9.17, 15) is 4.79 Å². The molecule has 3 aromatic rings. The predicted molar refractivity (Wildman–Crippen MR) is 84.8 cm³/mol. The summed E-state index contributed by atoms with van der Waals surface area (Å²) in [6.07, 6.45) is 2.06. The molecule has 0 spiro atoms. The minimum Gasteiger partial charge on any atom is -0.363 e. The predicted octanol–water partition coefficient (Wildman–Crippen LogP) is 2.29. The largest absolute Gasteiger partial charge is 0.363 e. The average molecular weight is 301 g/mol. The molecule has 0 aliphatic carbocycles. The van der Waals surface area contributed by atoms with Crippen molar-refractivity contribution in [2.45, 2.75) is 18.4 Å². The molecule has 1 aromatic carbocycles. The lowest BCUT2D eigenvalue weighted by Gasteiger charge is -2.09. The number of nitrogens with one attached hydrogen (secondary N) is 3. The number of nitrogens with zero attached hydrogens (tertiary/aromatic N) is 2. The molecule has 0 unspecified atom stereocenters. The Labute approximate surface area is 125 Å². The Morgan fingerprint density at radius 2 is 2.19 bits per heavy atom. The second kappa shape index (κ2) is 5.61. The second-order valence-electron chi connectivity index (χ2n) is 4.69. The molecule has 2 heterocycles. The molecule has 2 aromatic heterocycles. The number of aromatic amines is 2. The molecule has 21 heavy (non-hydrogen) atoms. The average Bonchev–Trinajstić information content (AvgIpc) is 2.90. The summed E-state index contributed by atoms with van der Waals surface area (Å²) < 4.78 is 0. The van der Waals surface area contributed by atoms with Crippen molar-refractivity contribution in [2.24, 2.45) is 0 Å². The van der Waals surface area contributed by atoms with E-state index in [-0.39, 0.29) is 5.69 Å². The first-order valence-electron chi connectivity index (χ1n) is 6.48. The smallest absolute Gasteiger partial charge is 0.340 e. The van der Waals surface area contributed by atoms with E-state index in [1.165, 1.54) is 4.90 Å². The molecule has 0 aliphatic rings. The monoisotopic (exact) mass is 301 g/mol. The van der Waals surface area contributed by atoms with Crippen molar-refractivity contribution in [2.75, 3.05) is 11.6 Å². The first kappa shape index (κ1) is 13.7. The van der Waals surface area contributed by atoms with Gasteiger partial charge < -0.3 is 5.32 Å². The van der Waals surface area contributed by atoms with Gasteiger partial charge in [0.05, 0.1) is 12.1 Å². The van der Waals surface area contributed by atoms with Gasteiger partial charge in [-0.25, -0.2) is 14.9 Å². The van der Waals surface area contributed by atoms with E-state index in [1.807, 2.05) is 12.1 Å². The third kappa shape index (κ3) is 2.92. The quantitative estimate of drug-likeness (QED) is 0.644. The Morgan fingerprint density at radius 1 is 1.33 bits per heavy atom. The van der Waals surface area contributed by atoms with Crippen molar-refractivity contribution in [1.82, 2.24) is 20.2 Å². The summed E-state index contributed by atoms with van der Waals surface area (Å²) in [5, 5.41) is 10.5. The number of pyridine rings is 1. The summed E-state index contributed by atoms with van der Waals surface area (Å²) >= 11 is 1.72. The Balaban J connectivity index is 1.88. The highest BCUT2D eigenvalue weighted by atomic mass is 32.2. The van der Waals surface area contributed by atoms with Gasteiger partial charge in [0, 0.05) is 10.3 Å². The van der Waals surface area contributed by atoms with Crippen LogP contribution in [0.25, 0.3) is 10.9 Å². The zero-order valence-corrected chi connectivity index (χ0v) is 12.5. The van der Waals surface area contributed by atoms with Crippen LogP contribution < -0.4 is 11.0 Å². The van der Waals surface area contributed by atoms with Gasteiger partial charge in [0.25, 0.3) is 0 Å². The number of rotatable bonds is 4. The number of H-pyrrole nitrogens is 2. The van der Waals surface area contributed by atoms with Crippen molar-refractivity contribution < 1.29 is 0 Å². The summed E-state index contributed by atoms with van der Waals surface area (Å²) in [5.41, 5.74) is 1.80. The van der Waals surface area contributed by atoms with Crippen molar-refractivity contribution >= 4 is 28.5 Å². The van der Waals surface area contributed by atoms with Crippen LogP contribution in [0.15, 0.2) is 34.0 Å². The molecular weight excluding hydrogens is 286 g/mol. The molecule has 0 saturated carbocycles. The zero-order chi connectivity index (χ0) is 14.8. The molecule has 6 nitrogen and oxygen atoms in total. The fourth-order valence-electron chi connectivity index (χ4n) is 2.15. The highest BCUT2D eigenvalue weighted by Gasteiger charge is 2.05. The molecular formula is C14H15N5OS. The van der Waals surface area contributed by atoms with Crippen LogP contribution >= 0.6 is 11.8 Å². The maximum atomic E-state index is 11.0. The lowest BCUT2D eigenvalue weighted by molar-refractivity contribution is 0.948. The second-order valence-corrected chi connectivity index (χ2v) is 5.57. The van der Waals surface area contributed by atoms with E-state index >= 15 is 0 Å². The zero-order valence-electron chi connectivity index (χ0n) is 11.7. The van der Waals surface area contributed by atoms with Crippen molar-refractivity contribution in [3.8, 4) is 0 Å². The van der Waals surface area contributed by atoms with E-state index in [0.29, 0.717) is 12.4 Å². The van der Waals surface area contributed by atoms with Crippen LogP contribution in [0.3, 0.4) is 0 Å². The number of anilines is 1. The molecule has 7 heteroatoms. The van der Waals surface area contributed by atoms with Crippen LogP contribution in [0.4, 0.5) is 5.82 Å². The van der Waals surface area contributed by atoms with Gasteiger partial charge in [0.15, 0.2) is 0 Å². The molecule has 0 bridgehead atoms. The number of hydrogen-bond donors (Lipinski definition) is 3. The number of benzene rings is 1. The Hall–Kier alpha value is -2.28. The topological polar surface area (TPSA) is 86.5 Å². The molecule has 108 valence electrons. The van der Waals surface area contributed by atoms with Gasteiger partial charge in [-0.2, -0.15) is 5.10 Å². The highest BCUT2D eigenvalue weighted by molar-refractivity contribution is 7.98. The van der Waals surface area contributed by atoms with Gasteiger partial charge in [-0.05, 0) is 43.0 Å². The number of aromatic nitrogens is 4. The van der Waals surface area contributed by atoms with E-state index in [4.69, 9.17) is 0 Å². The summed E-state index contributed by atoms with van der Waals surface area (Å²) in [5.74, 6) is 1.32. The van der Waals surface area contributed by atoms with Crippen LogP contribution in [-0.4, -0.2) is 26.4 Å². The van der Waals surface area contributed by atoms with Crippen LogP contribution in [0, 0.1) is 6.92 Å². The SMILES string of the molecule is CSc1ccc2nc(NCc3n[nH]c(=O)[nH]3)cc(C)c2c1. The van der Waals surface area contributed by atoms with Gasteiger partial charge in [0.1, 0.15) is 11.6 Å². The first-order chi connectivity index (χ1) is 10.2. The Bertz CT molecular complexity index is 839. The summed E-state index contributed by atoms with van der Waals surface area (Å²) in [4.78, 5) is 19.4. The molecule has 0 fully saturated rings. The third-order valence-corrected chi connectivity index (χ3v) is 3.94. The first-order valence-corrected chi connectivity index (χ1v) is 7.71. The molecule has 0 saturated heterocycles. The van der Waals surface area contributed by atoms with Crippen molar-refractivity contribution in [3.63, 3.8) is 0 Å². The van der Waals surface area contributed by atoms with Gasteiger partial charge in [0.2, 0.25) is 0 Å². The minimum absolute atomic E-state index is 0.306. The number of fused-ring (bicyclic) bond motifs is 1. The lowest BCUT2D eigenvalue weighted by Crippen LogP contribution is -2.05. The van der Waals surface area contributed by atoms with Crippen LogP contribution in [0.5, 0.6) is 0 Å². The maximum absolute atomic E-state index is 11.0. The molecule has 0 amide bonds. The van der Waals surface area contributed by atoms with Crippen LogP contribution in [0.1, 0.15) is 11.4 Å². The standard InChI is InChI=1S/C14H15N5OS/c1-8-5-12(15-7-13-17-14(20)19-18-13)16-11-4-3-9(21-2)6-10(8)11/h3-6H,7H2,1-2H3,(H,15,16)(H2,17,18,19,20). The van der Waals surface area contributed by atoms with Crippen molar-refractivity contribution in [1.29, 1.82) is 0 Å². The molecule has 3 rings (SSSR count). The Morgan fingerprint density at radius 3 is 2.90 bits per heavy atom. The van der Waals surface area contributed by atoms with E-state index < -0.39 is 0 Å². The number of hydrogen-bond acceptors (Lipinski definition) is 5. The number of aryl methyl sites for hydroxylation is 1. The van der Waals surface area contributed by atoms with Gasteiger partial charge in [-0.15, -0.1) is 11.8 Å². The van der Waals surface area contributed by atoms with Crippen LogP contribution in [-0.2, 0) is 6.54 Å². The molecule has 0 aliphatic heterocycles. The fraction of sp³-hybridized carbons (Fsp3) is 0.214. The molecule has 0 radical (unpaired) electrons. The van der Waals surface area contributed by atoms with Gasteiger partial charge in [-0.3, -0.25) is 4.98 Å². The molecule has 0 atom stereocenters. The van der Waals surface area contributed by atoms with Crippen LogP contribution in [0.2, 0.25) is 0 Å². The van der Waals surface area contributed by atoms with E-state index in [0.717, 1.165) is 22.3 Å². The minimum atomic E-state index is -0.306. The summed E-state index contributed by atoms with van der Waals surface area (Å²) in [6, 6.07) is 8.23. The highest BCUT2D eigenvalue weighted by Crippen LogP contribution is 2.25. The number of thioether (sulfide) groups is 1. The van der Waals surface area contributed by atoms with Gasteiger partial charge in [-0.1, -0.05) is 0 Å². The molecule has 3 N–H and O–H groups in total. The maximum Gasteiger partial charge on any atom is 0.340 e. The normalized spacial score (nSPS) is 11.0. The summed E-state index contributed by atoms with van der Waals surface area (Å²) in [6.45, 7) is 2.48. The third-order valence-electron chi connectivity index (χ3n) is 3.21. The van der Waals surface area contributed by atoms with E-state index in [1.54, 1.807) is 11.8 Å². The lowest BCUT2D eigenvalue weighted by atomic mass is 10.1.